The van der Waals surface area contributed by atoms with Gasteiger partial charge in [-0.15, -0.1) is 0 Å². The summed E-state index contributed by atoms with van der Waals surface area (Å²) < 4.78 is 0. The first-order chi connectivity index (χ1) is 22.3. The third-order valence-electron chi connectivity index (χ3n) is 9.38. The number of hydrogen-bond donors (Lipinski definition) is 3. The predicted octanol–water partition coefficient (Wildman–Crippen LogP) is 3.54. The van der Waals surface area contributed by atoms with Crippen molar-refractivity contribution in [3.05, 3.63) is 101 Å². The van der Waals surface area contributed by atoms with Crippen LogP contribution in [0.2, 0.25) is 5.02 Å². The first-order valence-corrected chi connectivity index (χ1v) is 16.7. The van der Waals surface area contributed by atoms with Crippen LogP contribution in [-0.4, -0.2) is 82.9 Å². The quantitative estimate of drug-likeness (QED) is 0.278. The Morgan fingerprint density at radius 3 is 2.15 bits per heavy atom. The number of benzene rings is 2. The number of carbonyl (C=O) groups is 3. The minimum absolute atomic E-state index is 0.0351. The molecule has 1 aliphatic carbocycles. The molecule has 0 radical (unpaired) electrons. The van der Waals surface area contributed by atoms with Crippen LogP contribution in [0.25, 0.3) is 0 Å². The van der Waals surface area contributed by atoms with E-state index in [9.17, 15) is 14.4 Å². The first-order valence-electron chi connectivity index (χ1n) is 16.4. The molecule has 2 fully saturated rings. The van der Waals surface area contributed by atoms with Gasteiger partial charge in [0.25, 0.3) is 0 Å². The van der Waals surface area contributed by atoms with Gasteiger partial charge in [-0.25, -0.2) is 0 Å². The fraction of sp³-hybridized carbons (Fsp3) is 0.444. The summed E-state index contributed by atoms with van der Waals surface area (Å²) in [4.78, 5) is 48.5. The lowest BCUT2D eigenvalue weighted by atomic mass is 9.79. The van der Waals surface area contributed by atoms with Crippen molar-refractivity contribution in [2.45, 2.75) is 69.0 Å². The van der Waals surface area contributed by atoms with Crippen LogP contribution >= 0.6 is 11.6 Å². The van der Waals surface area contributed by atoms with Crippen molar-refractivity contribution in [1.82, 2.24) is 25.4 Å². The van der Waals surface area contributed by atoms with Crippen LogP contribution in [-0.2, 0) is 33.6 Å². The number of halogens is 1. The van der Waals surface area contributed by atoms with Crippen LogP contribution in [0.15, 0.2) is 79.1 Å². The third-order valence-corrected chi connectivity index (χ3v) is 9.63. The van der Waals surface area contributed by atoms with Gasteiger partial charge in [0.05, 0.1) is 12.5 Å². The maximum absolute atomic E-state index is 14.0. The Bertz CT molecular complexity index is 1430. The topological polar surface area (TPSA) is 121 Å². The van der Waals surface area contributed by atoms with Gasteiger partial charge >= 0.3 is 0 Å². The molecule has 5 rings (SSSR count). The number of rotatable bonds is 12. The molecule has 0 spiro atoms. The number of amides is 3. The molecule has 1 aromatic heterocycles. The maximum atomic E-state index is 14.0. The van der Waals surface area contributed by atoms with Crippen molar-refractivity contribution in [2.75, 3.05) is 32.7 Å². The molecule has 46 heavy (non-hydrogen) atoms. The number of aromatic nitrogens is 1. The summed E-state index contributed by atoms with van der Waals surface area (Å²) >= 11 is 6.11. The zero-order valence-corrected chi connectivity index (χ0v) is 27.1. The smallest absolute Gasteiger partial charge is 0.245 e. The van der Waals surface area contributed by atoms with Crippen molar-refractivity contribution < 1.29 is 14.4 Å². The van der Waals surface area contributed by atoms with Crippen molar-refractivity contribution in [2.24, 2.45) is 5.73 Å². The summed E-state index contributed by atoms with van der Waals surface area (Å²) in [6.45, 7) is 3.13. The molecule has 9 nitrogen and oxygen atoms in total. The fourth-order valence-electron chi connectivity index (χ4n) is 6.74. The largest absolute Gasteiger partial charge is 0.354 e. The molecule has 1 aliphatic heterocycles. The molecule has 2 aliphatic rings. The van der Waals surface area contributed by atoms with Crippen LogP contribution in [0.5, 0.6) is 0 Å². The van der Waals surface area contributed by atoms with E-state index in [4.69, 9.17) is 17.3 Å². The molecule has 4 N–H and O–H groups in total. The SMILES string of the molecule is NC(Cc1ccncc1)C(=O)NC(Cc1ccc(Cl)cc1)C(=O)N1CCN(C2(CNC(=O)Cc3ccccc3)CCCCC2)CC1. The average Bonchev–Trinajstić information content (AvgIpc) is 3.09. The molecule has 0 bridgehead atoms. The van der Waals surface area contributed by atoms with Gasteiger partial charge < -0.3 is 21.3 Å². The van der Waals surface area contributed by atoms with Gasteiger partial charge in [0, 0.05) is 62.1 Å². The highest BCUT2D eigenvalue weighted by molar-refractivity contribution is 6.30. The van der Waals surface area contributed by atoms with E-state index in [0.29, 0.717) is 57.0 Å². The number of hydrogen-bond acceptors (Lipinski definition) is 6. The van der Waals surface area contributed by atoms with Crippen molar-refractivity contribution in [3.8, 4) is 0 Å². The minimum Gasteiger partial charge on any atom is -0.354 e. The summed E-state index contributed by atoms with van der Waals surface area (Å²) in [7, 11) is 0. The molecular formula is C36H45ClN6O3. The highest BCUT2D eigenvalue weighted by Crippen LogP contribution is 2.34. The molecule has 1 saturated carbocycles. The molecule has 3 aromatic rings. The monoisotopic (exact) mass is 644 g/mol. The van der Waals surface area contributed by atoms with Gasteiger partial charge in [-0.3, -0.25) is 24.3 Å². The van der Waals surface area contributed by atoms with E-state index in [-0.39, 0.29) is 23.3 Å². The standard InChI is InChI=1S/C36H45ClN6O3/c37-30-11-9-28(10-12-30)24-32(41-34(45)31(38)23-29-13-17-39-18-14-29)35(46)42-19-21-43(22-20-42)36(15-5-2-6-16-36)26-40-33(44)25-27-7-3-1-4-8-27/h1,3-4,7-14,17-18,31-32H,2,5-6,15-16,19-26,38H2,(H,40,44)(H,41,45). The lowest BCUT2D eigenvalue weighted by molar-refractivity contribution is -0.139. The van der Waals surface area contributed by atoms with E-state index in [1.807, 2.05) is 59.5 Å². The lowest BCUT2D eigenvalue weighted by Crippen LogP contribution is -2.64. The molecular weight excluding hydrogens is 600 g/mol. The summed E-state index contributed by atoms with van der Waals surface area (Å²) in [5, 5.41) is 6.82. The summed E-state index contributed by atoms with van der Waals surface area (Å²) in [6, 6.07) is 19.2. The summed E-state index contributed by atoms with van der Waals surface area (Å²) in [6.07, 6.45) is 9.89. The van der Waals surface area contributed by atoms with E-state index in [1.54, 1.807) is 24.5 Å². The van der Waals surface area contributed by atoms with E-state index in [0.717, 1.165) is 42.4 Å². The van der Waals surface area contributed by atoms with Crippen molar-refractivity contribution in [1.29, 1.82) is 0 Å². The Morgan fingerprint density at radius 2 is 1.48 bits per heavy atom. The highest BCUT2D eigenvalue weighted by atomic mass is 35.5. The van der Waals surface area contributed by atoms with Gasteiger partial charge in [-0.2, -0.15) is 0 Å². The highest BCUT2D eigenvalue weighted by Gasteiger charge is 2.41. The van der Waals surface area contributed by atoms with Crippen LogP contribution < -0.4 is 16.4 Å². The predicted molar refractivity (Wildman–Crippen MR) is 180 cm³/mol. The average molecular weight is 645 g/mol. The summed E-state index contributed by atoms with van der Waals surface area (Å²) in [5.74, 6) is -0.448. The van der Waals surface area contributed by atoms with Crippen LogP contribution in [0.3, 0.4) is 0 Å². The zero-order chi connectivity index (χ0) is 32.4. The van der Waals surface area contributed by atoms with Gasteiger partial charge in [-0.1, -0.05) is 73.3 Å². The van der Waals surface area contributed by atoms with Gasteiger partial charge in [-0.05, 0) is 60.2 Å². The minimum atomic E-state index is -0.803. The number of carbonyl (C=O) groups excluding carboxylic acids is 3. The lowest BCUT2D eigenvalue weighted by Gasteiger charge is -2.50. The second kappa shape index (κ2) is 16.2. The number of nitrogens with one attached hydrogen (secondary N) is 2. The molecule has 2 unspecified atom stereocenters. The molecule has 2 heterocycles. The molecule has 2 atom stereocenters. The Hall–Kier alpha value is -3.79. The molecule has 244 valence electrons. The van der Waals surface area contributed by atoms with E-state index in [1.165, 1.54) is 6.42 Å². The normalized spacial score (nSPS) is 17.9. The second-order valence-electron chi connectivity index (χ2n) is 12.6. The van der Waals surface area contributed by atoms with Crippen molar-refractivity contribution in [3.63, 3.8) is 0 Å². The zero-order valence-electron chi connectivity index (χ0n) is 26.4. The van der Waals surface area contributed by atoms with Crippen LogP contribution in [0.4, 0.5) is 0 Å². The number of nitrogens with zero attached hydrogens (tertiary/aromatic N) is 3. The Labute approximate surface area is 276 Å². The maximum Gasteiger partial charge on any atom is 0.245 e. The van der Waals surface area contributed by atoms with Crippen LogP contribution in [0, 0.1) is 0 Å². The van der Waals surface area contributed by atoms with E-state index >= 15 is 0 Å². The fourth-order valence-corrected chi connectivity index (χ4v) is 6.87. The van der Waals surface area contributed by atoms with E-state index in [2.05, 4.69) is 20.5 Å². The summed E-state index contributed by atoms with van der Waals surface area (Å²) in [5.41, 5.74) is 8.98. The number of pyridine rings is 1. The van der Waals surface area contributed by atoms with Gasteiger partial charge in [0.2, 0.25) is 17.7 Å². The van der Waals surface area contributed by atoms with Gasteiger partial charge in [0.1, 0.15) is 6.04 Å². The Morgan fingerprint density at radius 1 is 0.826 bits per heavy atom. The Balaban J connectivity index is 1.22. The van der Waals surface area contributed by atoms with Crippen LogP contribution in [0.1, 0.15) is 48.8 Å². The molecule has 2 aromatic carbocycles. The van der Waals surface area contributed by atoms with Gasteiger partial charge in [0.15, 0.2) is 0 Å². The molecule has 10 heteroatoms. The third kappa shape index (κ3) is 9.15. The second-order valence-corrected chi connectivity index (χ2v) is 13.0. The van der Waals surface area contributed by atoms with E-state index < -0.39 is 12.1 Å². The molecule has 1 saturated heterocycles. The Kier molecular flexibility index (Phi) is 11.8. The molecule has 3 amide bonds. The first kappa shape index (κ1) is 33.6. The number of piperazine rings is 1. The van der Waals surface area contributed by atoms with Crippen molar-refractivity contribution >= 4 is 29.3 Å². The number of nitrogens with two attached hydrogens (primary N) is 1.